The maximum Gasteiger partial charge on any atom is 0.321 e. The molecule has 1 aliphatic rings. The van der Waals surface area contributed by atoms with Crippen LogP contribution in [0, 0.1) is 0 Å². The second-order valence-corrected chi connectivity index (χ2v) is 8.03. The van der Waals surface area contributed by atoms with Crippen LogP contribution in [0.1, 0.15) is 41.6 Å². The summed E-state index contributed by atoms with van der Waals surface area (Å²) in [5.41, 5.74) is 1.73. The van der Waals surface area contributed by atoms with Crippen LogP contribution in [0.5, 0.6) is 0 Å². The third-order valence-electron chi connectivity index (χ3n) is 5.06. The highest BCUT2D eigenvalue weighted by atomic mass is 35.5. The van der Waals surface area contributed by atoms with Crippen molar-refractivity contribution in [2.45, 2.75) is 32.2 Å². The number of urea groups is 1. The molecule has 0 saturated carbocycles. The Balaban J connectivity index is 1.60. The Morgan fingerprint density at radius 2 is 1.83 bits per heavy atom. The quantitative estimate of drug-likeness (QED) is 0.748. The summed E-state index contributed by atoms with van der Waals surface area (Å²) in [5.74, 6) is 0.678. The first kappa shape index (κ1) is 21.9. The van der Waals surface area contributed by atoms with E-state index in [1.165, 1.54) is 30.6 Å². The van der Waals surface area contributed by atoms with Crippen molar-refractivity contribution in [3.8, 4) is 0 Å². The number of hydrogen-bond acceptors (Lipinski definition) is 4. The summed E-state index contributed by atoms with van der Waals surface area (Å²) in [6.07, 6.45) is 6.77. The fourth-order valence-corrected chi connectivity index (χ4v) is 3.50. The average molecular weight is 430 g/mol. The normalized spacial score (nSPS) is 14.0. The van der Waals surface area contributed by atoms with Gasteiger partial charge >= 0.3 is 6.03 Å². The number of carbonyl (C=O) groups excluding carboxylic acids is 2. The van der Waals surface area contributed by atoms with Crippen LogP contribution in [-0.2, 0) is 6.54 Å². The topological polar surface area (TPSA) is 77.6 Å². The number of carbonyl (C=O) groups is 2. The molecule has 3 rings (SSSR count). The van der Waals surface area contributed by atoms with Gasteiger partial charge < -0.3 is 20.4 Å². The largest absolute Gasteiger partial charge is 0.357 e. The number of aromatic nitrogens is 1. The molecule has 2 aromatic rings. The first-order valence-electron chi connectivity index (χ1n) is 10.2. The highest BCUT2D eigenvalue weighted by Crippen LogP contribution is 2.21. The summed E-state index contributed by atoms with van der Waals surface area (Å²) in [6.45, 7) is 2.43. The van der Waals surface area contributed by atoms with E-state index >= 15 is 0 Å². The van der Waals surface area contributed by atoms with E-state index in [2.05, 4.69) is 20.5 Å². The summed E-state index contributed by atoms with van der Waals surface area (Å²) >= 11 is 6.19. The number of halogens is 1. The number of nitrogens with one attached hydrogen (secondary N) is 2. The van der Waals surface area contributed by atoms with Gasteiger partial charge in [0, 0.05) is 45.6 Å². The number of pyridine rings is 1. The Morgan fingerprint density at radius 1 is 1.10 bits per heavy atom. The van der Waals surface area contributed by atoms with E-state index in [4.69, 9.17) is 11.6 Å². The minimum Gasteiger partial charge on any atom is -0.357 e. The number of benzene rings is 1. The van der Waals surface area contributed by atoms with E-state index in [9.17, 15) is 9.59 Å². The Labute approximate surface area is 182 Å². The summed E-state index contributed by atoms with van der Waals surface area (Å²) in [4.78, 5) is 32.7. The molecule has 0 spiro atoms. The summed E-state index contributed by atoms with van der Waals surface area (Å²) in [6, 6.07) is 8.55. The Hall–Kier alpha value is -2.80. The van der Waals surface area contributed by atoms with Gasteiger partial charge in [-0.1, -0.05) is 30.5 Å². The number of amides is 3. The number of hydrogen-bond donors (Lipinski definition) is 2. The standard InChI is InChI=1S/C22H28ClN5O2/c1-27(2)22(30)26-17-8-9-19(23)18(13-17)21(29)25-15-16-7-10-20(24-14-16)28-11-5-3-4-6-12-28/h7-10,13-14H,3-6,11-12,15H2,1-2H3,(H,25,29)(H,26,30). The van der Waals surface area contributed by atoms with Crippen LogP contribution in [0.2, 0.25) is 5.02 Å². The molecular formula is C22H28ClN5O2. The summed E-state index contributed by atoms with van der Waals surface area (Å²) in [5, 5.41) is 5.91. The summed E-state index contributed by atoms with van der Waals surface area (Å²) in [7, 11) is 3.29. The predicted molar refractivity (Wildman–Crippen MR) is 120 cm³/mol. The average Bonchev–Trinajstić information content (AvgIpc) is 3.03. The lowest BCUT2D eigenvalue weighted by molar-refractivity contribution is 0.0951. The molecule has 2 heterocycles. The zero-order valence-corrected chi connectivity index (χ0v) is 18.2. The summed E-state index contributed by atoms with van der Waals surface area (Å²) < 4.78 is 0. The monoisotopic (exact) mass is 429 g/mol. The zero-order valence-electron chi connectivity index (χ0n) is 17.4. The molecule has 0 aliphatic carbocycles. The van der Waals surface area contributed by atoms with Crippen LogP contribution >= 0.6 is 11.6 Å². The van der Waals surface area contributed by atoms with Crippen molar-refractivity contribution in [2.75, 3.05) is 37.4 Å². The SMILES string of the molecule is CN(C)C(=O)Nc1ccc(Cl)c(C(=O)NCc2ccc(N3CCCCCC3)nc2)c1. The van der Waals surface area contributed by atoms with Crippen LogP contribution in [0.25, 0.3) is 0 Å². The molecule has 2 N–H and O–H groups in total. The fraction of sp³-hybridized carbons (Fsp3) is 0.409. The molecule has 8 heteroatoms. The van der Waals surface area contributed by atoms with Gasteiger partial charge in [-0.25, -0.2) is 9.78 Å². The van der Waals surface area contributed by atoms with Gasteiger partial charge in [0.05, 0.1) is 10.6 Å². The maximum absolute atomic E-state index is 12.6. The molecule has 1 aliphatic heterocycles. The first-order valence-corrected chi connectivity index (χ1v) is 10.6. The number of nitrogens with zero attached hydrogens (tertiary/aromatic N) is 3. The third kappa shape index (κ3) is 5.86. The van der Waals surface area contributed by atoms with Crippen LogP contribution < -0.4 is 15.5 Å². The lowest BCUT2D eigenvalue weighted by Gasteiger charge is -2.21. The predicted octanol–water partition coefficient (Wildman–Crippen LogP) is 4.14. The van der Waals surface area contributed by atoms with Gasteiger partial charge in [0.2, 0.25) is 0 Å². The lowest BCUT2D eigenvalue weighted by atomic mass is 10.1. The van der Waals surface area contributed by atoms with Crippen LogP contribution in [0.4, 0.5) is 16.3 Å². The van der Waals surface area contributed by atoms with Crippen molar-refractivity contribution < 1.29 is 9.59 Å². The van der Waals surface area contributed by atoms with Gasteiger partial charge in [0.1, 0.15) is 5.82 Å². The second-order valence-electron chi connectivity index (χ2n) is 7.63. The fourth-order valence-electron chi connectivity index (χ4n) is 3.30. The molecule has 1 aromatic carbocycles. The first-order chi connectivity index (χ1) is 14.4. The molecule has 7 nitrogen and oxygen atoms in total. The van der Waals surface area contributed by atoms with Crippen molar-refractivity contribution in [2.24, 2.45) is 0 Å². The van der Waals surface area contributed by atoms with Crippen molar-refractivity contribution >= 4 is 35.0 Å². The van der Waals surface area contributed by atoms with Gasteiger partial charge in [0.15, 0.2) is 0 Å². The molecule has 1 aromatic heterocycles. The molecule has 30 heavy (non-hydrogen) atoms. The molecular weight excluding hydrogens is 402 g/mol. The lowest BCUT2D eigenvalue weighted by Crippen LogP contribution is -2.28. The number of rotatable bonds is 5. The molecule has 0 unspecified atom stereocenters. The molecule has 3 amide bonds. The molecule has 0 bridgehead atoms. The number of anilines is 2. The van der Waals surface area contributed by atoms with Gasteiger partial charge in [-0.15, -0.1) is 0 Å². The van der Waals surface area contributed by atoms with Gasteiger partial charge in [-0.2, -0.15) is 0 Å². The van der Waals surface area contributed by atoms with Gasteiger partial charge in [0.25, 0.3) is 5.91 Å². The van der Waals surface area contributed by atoms with Crippen molar-refractivity contribution in [3.63, 3.8) is 0 Å². The Kier molecular flexibility index (Phi) is 7.52. The molecule has 160 valence electrons. The van der Waals surface area contributed by atoms with E-state index in [0.29, 0.717) is 22.8 Å². The zero-order chi connectivity index (χ0) is 21.5. The highest BCUT2D eigenvalue weighted by Gasteiger charge is 2.14. The van der Waals surface area contributed by atoms with Gasteiger partial charge in [-0.05, 0) is 42.7 Å². The third-order valence-corrected chi connectivity index (χ3v) is 5.39. The molecule has 0 radical (unpaired) electrons. The van der Waals surface area contributed by atoms with E-state index in [1.54, 1.807) is 38.5 Å². The van der Waals surface area contributed by atoms with E-state index in [-0.39, 0.29) is 11.9 Å². The minimum absolute atomic E-state index is 0.278. The maximum atomic E-state index is 12.6. The van der Waals surface area contributed by atoms with Crippen LogP contribution in [0.3, 0.4) is 0 Å². The Morgan fingerprint density at radius 3 is 2.47 bits per heavy atom. The van der Waals surface area contributed by atoms with E-state index in [0.717, 1.165) is 24.5 Å². The van der Waals surface area contributed by atoms with E-state index < -0.39 is 0 Å². The minimum atomic E-state index is -0.308. The smallest absolute Gasteiger partial charge is 0.321 e. The Bertz CT molecular complexity index is 878. The molecule has 0 atom stereocenters. The van der Waals surface area contributed by atoms with Crippen molar-refractivity contribution in [1.82, 2.24) is 15.2 Å². The molecule has 1 fully saturated rings. The molecule has 1 saturated heterocycles. The second kappa shape index (κ2) is 10.3. The highest BCUT2D eigenvalue weighted by molar-refractivity contribution is 6.34. The van der Waals surface area contributed by atoms with Crippen molar-refractivity contribution in [3.05, 3.63) is 52.7 Å². The van der Waals surface area contributed by atoms with Crippen molar-refractivity contribution in [1.29, 1.82) is 0 Å². The van der Waals surface area contributed by atoms with E-state index in [1.807, 2.05) is 12.1 Å². The van der Waals surface area contributed by atoms with Crippen LogP contribution in [-0.4, -0.2) is 49.0 Å². The van der Waals surface area contributed by atoms with Gasteiger partial charge in [-0.3, -0.25) is 4.79 Å². The van der Waals surface area contributed by atoms with Crippen LogP contribution in [0.15, 0.2) is 36.5 Å².